The highest BCUT2D eigenvalue weighted by Gasteiger charge is 2.57. The molecule has 0 radical (unpaired) electrons. The molecule has 2 atom stereocenters. The highest BCUT2D eigenvalue weighted by Crippen LogP contribution is 2.43. The predicted octanol–water partition coefficient (Wildman–Crippen LogP) is 4.06. The van der Waals surface area contributed by atoms with Crippen LogP contribution in [0.15, 0.2) is 60.7 Å². The molecule has 3 rings (SSSR count). The standard InChI is InChI=1S/C26H38N2O3Si/c1-24(2,3)26(27)17-18-28(23(29)30)19-22(26)31-32(25(4,5)6,20-13-9-7-10-14-20)21-15-11-8-12-16-21/h7-16,22H,17-19,27H2,1-6H3,(H,29,30). The van der Waals surface area contributed by atoms with Gasteiger partial charge in [0.25, 0.3) is 8.32 Å². The van der Waals surface area contributed by atoms with Gasteiger partial charge in [0.15, 0.2) is 0 Å². The van der Waals surface area contributed by atoms with E-state index >= 15 is 0 Å². The van der Waals surface area contributed by atoms with E-state index in [0.29, 0.717) is 13.0 Å². The van der Waals surface area contributed by atoms with Crippen LogP contribution in [-0.2, 0) is 4.43 Å². The SMILES string of the molecule is CC(C)(C)C1(N)CCN(C(=O)O)CC1O[Si](c1ccccc1)(c1ccccc1)C(C)(C)C. The molecule has 1 aliphatic rings. The Morgan fingerprint density at radius 2 is 1.47 bits per heavy atom. The van der Waals surface area contributed by atoms with E-state index in [1.165, 1.54) is 15.3 Å². The van der Waals surface area contributed by atoms with Gasteiger partial charge >= 0.3 is 6.09 Å². The summed E-state index contributed by atoms with van der Waals surface area (Å²) in [7, 11) is -2.87. The molecule has 0 spiro atoms. The van der Waals surface area contributed by atoms with Crippen molar-refractivity contribution in [2.24, 2.45) is 11.1 Å². The minimum Gasteiger partial charge on any atom is -0.465 e. The Morgan fingerprint density at radius 3 is 1.84 bits per heavy atom. The molecule has 0 bridgehead atoms. The summed E-state index contributed by atoms with van der Waals surface area (Å²) in [6.45, 7) is 13.8. The van der Waals surface area contributed by atoms with Crippen molar-refractivity contribution in [2.45, 2.75) is 64.6 Å². The minimum absolute atomic E-state index is 0.208. The van der Waals surface area contributed by atoms with Crippen molar-refractivity contribution in [3.05, 3.63) is 60.7 Å². The maximum atomic E-state index is 11.9. The topological polar surface area (TPSA) is 75.8 Å². The third kappa shape index (κ3) is 4.23. The van der Waals surface area contributed by atoms with E-state index in [2.05, 4.69) is 90.1 Å². The fraction of sp³-hybridized carbons (Fsp3) is 0.500. The number of rotatable bonds is 4. The van der Waals surface area contributed by atoms with Gasteiger partial charge in [0.1, 0.15) is 0 Å². The first kappa shape index (κ1) is 24.5. The summed E-state index contributed by atoms with van der Waals surface area (Å²) in [5.41, 5.74) is 6.21. The molecule has 2 aromatic carbocycles. The van der Waals surface area contributed by atoms with Crippen molar-refractivity contribution >= 4 is 24.8 Å². The first-order chi connectivity index (χ1) is 14.8. The summed E-state index contributed by atoms with van der Waals surface area (Å²) in [6, 6.07) is 20.9. The molecule has 1 fully saturated rings. The summed E-state index contributed by atoms with van der Waals surface area (Å²) < 4.78 is 7.35. The zero-order valence-corrected chi connectivity index (χ0v) is 21.3. The number of benzene rings is 2. The van der Waals surface area contributed by atoms with Gasteiger partial charge < -0.3 is 20.2 Å². The predicted molar refractivity (Wildman–Crippen MR) is 133 cm³/mol. The molecule has 1 aliphatic heterocycles. The molecule has 2 aromatic rings. The molecule has 0 aromatic heterocycles. The van der Waals surface area contributed by atoms with Crippen molar-refractivity contribution in [2.75, 3.05) is 13.1 Å². The Labute approximate surface area is 193 Å². The van der Waals surface area contributed by atoms with E-state index < -0.39 is 26.1 Å². The van der Waals surface area contributed by atoms with Crippen LogP contribution in [0.2, 0.25) is 5.04 Å². The summed E-state index contributed by atoms with van der Waals surface area (Å²) in [5, 5.41) is 11.9. The van der Waals surface area contributed by atoms with Gasteiger partial charge in [-0.15, -0.1) is 0 Å². The Morgan fingerprint density at radius 1 is 1.00 bits per heavy atom. The number of nitrogens with two attached hydrogens (primary N) is 1. The quantitative estimate of drug-likeness (QED) is 0.683. The van der Waals surface area contributed by atoms with E-state index in [-0.39, 0.29) is 17.0 Å². The van der Waals surface area contributed by atoms with Crippen molar-refractivity contribution in [3.63, 3.8) is 0 Å². The van der Waals surface area contributed by atoms with Crippen molar-refractivity contribution in [1.82, 2.24) is 4.90 Å². The maximum absolute atomic E-state index is 11.9. The molecule has 1 saturated heterocycles. The molecule has 32 heavy (non-hydrogen) atoms. The Hall–Kier alpha value is -2.15. The average molecular weight is 455 g/mol. The summed E-state index contributed by atoms with van der Waals surface area (Å²) >= 11 is 0. The molecule has 0 saturated carbocycles. The maximum Gasteiger partial charge on any atom is 0.407 e. The third-order valence-corrected chi connectivity index (χ3v) is 12.2. The van der Waals surface area contributed by atoms with Crippen LogP contribution in [-0.4, -0.2) is 49.1 Å². The highest BCUT2D eigenvalue weighted by molar-refractivity contribution is 6.99. The second-order valence-electron chi connectivity index (χ2n) is 11.0. The van der Waals surface area contributed by atoms with Gasteiger partial charge in [-0.1, -0.05) is 102 Å². The number of hydrogen-bond donors (Lipinski definition) is 2. The van der Waals surface area contributed by atoms with Gasteiger partial charge in [-0.3, -0.25) is 0 Å². The van der Waals surface area contributed by atoms with Crippen LogP contribution >= 0.6 is 0 Å². The van der Waals surface area contributed by atoms with Gasteiger partial charge in [0.05, 0.1) is 12.6 Å². The second kappa shape index (κ2) is 8.65. The van der Waals surface area contributed by atoms with Crippen LogP contribution in [0.25, 0.3) is 0 Å². The second-order valence-corrected chi connectivity index (χ2v) is 15.3. The van der Waals surface area contributed by atoms with Gasteiger partial charge in [0, 0.05) is 12.1 Å². The fourth-order valence-corrected chi connectivity index (χ4v) is 9.74. The van der Waals surface area contributed by atoms with Crippen LogP contribution in [0.1, 0.15) is 48.0 Å². The summed E-state index contributed by atoms with van der Waals surface area (Å²) in [6.07, 6.45) is -0.790. The molecular weight excluding hydrogens is 416 g/mol. The van der Waals surface area contributed by atoms with E-state index in [1.54, 1.807) is 0 Å². The van der Waals surface area contributed by atoms with Crippen molar-refractivity contribution in [1.29, 1.82) is 0 Å². The molecule has 3 N–H and O–H groups in total. The number of piperidine rings is 1. The third-order valence-electron chi connectivity index (χ3n) is 7.16. The molecule has 0 aliphatic carbocycles. The number of amides is 1. The Bertz CT molecular complexity index is 882. The monoisotopic (exact) mass is 454 g/mol. The normalized spacial score (nSPS) is 22.6. The summed E-state index contributed by atoms with van der Waals surface area (Å²) in [4.78, 5) is 13.4. The lowest BCUT2D eigenvalue weighted by molar-refractivity contribution is -0.0312. The first-order valence-corrected chi connectivity index (χ1v) is 13.3. The zero-order valence-electron chi connectivity index (χ0n) is 20.3. The minimum atomic E-state index is -2.87. The Kier molecular flexibility index (Phi) is 6.62. The van der Waals surface area contributed by atoms with Crippen molar-refractivity contribution in [3.8, 4) is 0 Å². The van der Waals surface area contributed by atoms with Crippen LogP contribution in [0.5, 0.6) is 0 Å². The average Bonchev–Trinajstić information content (AvgIpc) is 2.72. The Balaban J connectivity index is 2.23. The smallest absolute Gasteiger partial charge is 0.407 e. The van der Waals surface area contributed by atoms with Crippen molar-refractivity contribution < 1.29 is 14.3 Å². The molecule has 174 valence electrons. The number of carboxylic acid groups (broad SMARTS) is 1. The molecule has 1 amide bonds. The van der Waals surface area contributed by atoms with E-state index in [9.17, 15) is 9.90 Å². The van der Waals surface area contributed by atoms with Crippen LogP contribution in [0.4, 0.5) is 4.79 Å². The molecular formula is C26H38N2O3Si. The van der Waals surface area contributed by atoms with Gasteiger partial charge in [-0.2, -0.15) is 0 Å². The molecule has 2 unspecified atom stereocenters. The number of hydrogen-bond acceptors (Lipinski definition) is 3. The lowest BCUT2D eigenvalue weighted by Crippen LogP contribution is -2.75. The highest BCUT2D eigenvalue weighted by atomic mass is 28.4. The zero-order chi connectivity index (χ0) is 23.8. The van der Waals surface area contributed by atoms with Gasteiger partial charge in [-0.25, -0.2) is 4.79 Å². The fourth-order valence-electron chi connectivity index (χ4n) is 5.01. The molecule has 1 heterocycles. The molecule has 5 nitrogen and oxygen atoms in total. The van der Waals surface area contributed by atoms with E-state index in [0.717, 1.165) is 0 Å². The van der Waals surface area contributed by atoms with Gasteiger partial charge in [0.2, 0.25) is 0 Å². The van der Waals surface area contributed by atoms with Crippen LogP contribution in [0.3, 0.4) is 0 Å². The summed E-state index contributed by atoms with van der Waals surface area (Å²) in [5.74, 6) is 0. The van der Waals surface area contributed by atoms with Crippen LogP contribution in [0, 0.1) is 5.41 Å². The van der Waals surface area contributed by atoms with E-state index in [1.807, 2.05) is 12.1 Å². The largest absolute Gasteiger partial charge is 0.465 e. The lowest BCUT2D eigenvalue weighted by Gasteiger charge is -2.55. The first-order valence-electron chi connectivity index (χ1n) is 11.4. The number of nitrogens with zero attached hydrogens (tertiary/aromatic N) is 1. The lowest BCUT2D eigenvalue weighted by atomic mass is 9.67. The van der Waals surface area contributed by atoms with Crippen LogP contribution < -0.4 is 16.1 Å². The van der Waals surface area contributed by atoms with E-state index in [4.69, 9.17) is 10.2 Å². The molecule has 6 heteroatoms. The number of likely N-dealkylation sites (tertiary alicyclic amines) is 1. The number of carbonyl (C=O) groups is 1. The van der Waals surface area contributed by atoms with Gasteiger partial charge in [-0.05, 0) is 27.2 Å².